The zero-order valence-corrected chi connectivity index (χ0v) is 9.03. The van der Waals surface area contributed by atoms with Gasteiger partial charge in [-0.15, -0.1) is 0 Å². The Labute approximate surface area is 98.5 Å². The van der Waals surface area contributed by atoms with Crippen LogP contribution in [0.3, 0.4) is 0 Å². The number of amides is 1. The number of aromatic nitrogens is 1. The minimum atomic E-state index is -2.37. The highest BCUT2D eigenvalue weighted by Gasteiger charge is 2.27. The normalized spacial score (nSPS) is 19.2. The van der Waals surface area contributed by atoms with Crippen molar-refractivity contribution in [1.82, 2.24) is 9.47 Å². The fraction of sp³-hybridized carbons (Fsp3) is 0.308. The van der Waals surface area contributed by atoms with E-state index in [0.717, 1.165) is 21.5 Å². The van der Waals surface area contributed by atoms with Gasteiger partial charge in [0.2, 0.25) is 0 Å². The lowest BCUT2D eigenvalue weighted by atomic mass is 10.0. The zero-order chi connectivity index (χ0) is 13.8. The van der Waals surface area contributed by atoms with E-state index in [1.165, 1.54) is 0 Å². The van der Waals surface area contributed by atoms with Gasteiger partial charge in [0.05, 0.1) is 5.56 Å². The Hall–Kier alpha value is -1.77. The summed E-state index contributed by atoms with van der Waals surface area (Å²) in [5.41, 5.74) is 2.43. The van der Waals surface area contributed by atoms with Crippen molar-refractivity contribution >= 4 is 16.8 Å². The summed E-state index contributed by atoms with van der Waals surface area (Å²) in [6, 6.07) is 7.60. The number of carbonyl (C=O) groups excluding carboxylic acids is 1. The van der Waals surface area contributed by atoms with Gasteiger partial charge in [-0.25, -0.2) is 0 Å². The molecule has 0 N–H and O–H groups in total. The largest absolute Gasteiger partial charge is 0.347 e. The van der Waals surface area contributed by atoms with Crippen LogP contribution in [0, 0.1) is 0 Å². The number of nitrogens with zero attached hydrogens (tertiary/aromatic N) is 2. The predicted octanol–water partition coefficient (Wildman–Crippen LogP) is 1.81. The first-order valence-corrected chi connectivity index (χ1v) is 5.29. The Balaban J connectivity index is 2.24. The topological polar surface area (TPSA) is 25.2 Å². The Bertz CT molecular complexity index is 672. The molecule has 0 aliphatic carbocycles. The first-order valence-electron chi connectivity index (χ1n) is 6.79. The quantitative estimate of drug-likeness (QED) is 0.660. The fourth-order valence-corrected chi connectivity index (χ4v) is 2.43. The van der Waals surface area contributed by atoms with Gasteiger partial charge in [0.15, 0.2) is 0 Å². The average Bonchev–Trinajstić information content (AvgIpc) is 2.64. The molecule has 0 saturated heterocycles. The lowest BCUT2D eigenvalue weighted by Crippen LogP contribution is -2.34. The van der Waals surface area contributed by atoms with Crippen LogP contribution < -0.4 is 0 Å². The summed E-state index contributed by atoms with van der Waals surface area (Å²) in [6.07, 6.45) is 0.574. The summed E-state index contributed by atoms with van der Waals surface area (Å²) < 4.78 is 24.3. The summed E-state index contributed by atoms with van der Waals surface area (Å²) in [7, 11) is 1.92. The molecule has 3 nitrogen and oxygen atoms in total. The first kappa shape index (κ1) is 6.74. The van der Waals surface area contributed by atoms with Gasteiger partial charge in [-0.1, -0.05) is 18.2 Å². The van der Waals surface area contributed by atoms with Crippen LogP contribution in [0.1, 0.15) is 20.2 Å². The first-order chi connectivity index (χ1) is 8.91. The number of likely N-dealkylation sites (N-methyl/N-ethyl adjacent to an activating group) is 1. The van der Waals surface area contributed by atoms with Crippen LogP contribution in [0.15, 0.2) is 24.3 Å². The van der Waals surface area contributed by atoms with E-state index >= 15 is 0 Å². The molecule has 1 aromatic carbocycles. The number of fused-ring (bicyclic) bond motifs is 3. The zero-order valence-electron chi connectivity index (χ0n) is 12.0. The van der Waals surface area contributed by atoms with E-state index in [-0.39, 0.29) is 6.54 Å². The maximum absolute atomic E-state index is 12.4. The summed E-state index contributed by atoms with van der Waals surface area (Å²) in [5, 5.41) is 0.832. The van der Waals surface area contributed by atoms with Crippen molar-refractivity contribution in [1.29, 1.82) is 0 Å². The van der Waals surface area contributed by atoms with Crippen molar-refractivity contribution in [3.05, 3.63) is 35.5 Å². The van der Waals surface area contributed by atoms with Gasteiger partial charge in [0, 0.05) is 47.7 Å². The molecule has 1 aliphatic heterocycles. The Morgan fingerprint density at radius 2 is 2.19 bits per heavy atom. The number of aryl methyl sites for hydroxylation is 1. The average molecular weight is 217 g/mol. The van der Waals surface area contributed by atoms with Crippen molar-refractivity contribution in [2.24, 2.45) is 7.05 Å². The molecule has 1 aliphatic rings. The molecule has 0 atom stereocenters. The van der Waals surface area contributed by atoms with Gasteiger partial charge >= 0.3 is 0 Å². The number of benzene rings is 1. The smallest absolute Gasteiger partial charge is 0.256 e. The highest BCUT2D eigenvalue weighted by atomic mass is 16.2. The molecule has 0 spiro atoms. The molecule has 2 aromatic rings. The Kier molecular flexibility index (Phi) is 1.31. The molecule has 0 saturated carbocycles. The fourth-order valence-electron chi connectivity index (χ4n) is 2.43. The van der Waals surface area contributed by atoms with Crippen molar-refractivity contribution < 1.29 is 8.91 Å². The predicted molar refractivity (Wildman–Crippen MR) is 63.6 cm³/mol. The van der Waals surface area contributed by atoms with Crippen molar-refractivity contribution in [3.8, 4) is 0 Å². The molecule has 1 aromatic heterocycles. The molecular weight excluding hydrogens is 200 g/mol. The van der Waals surface area contributed by atoms with Crippen LogP contribution in [-0.2, 0) is 13.5 Å². The molecule has 0 radical (unpaired) electrons. The van der Waals surface area contributed by atoms with Gasteiger partial charge in [0.25, 0.3) is 5.91 Å². The second-order valence-corrected chi connectivity index (χ2v) is 4.10. The Morgan fingerprint density at radius 1 is 1.38 bits per heavy atom. The van der Waals surface area contributed by atoms with Crippen LogP contribution in [0.4, 0.5) is 0 Å². The standard InChI is InChI=1S/C13H14N2O/c1-14-8-7-11-12(13(14)16)9-5-3-4-6-10(9)15(11)2/h3-6H,7-8H2,1-2H3/i1D3. The van der Waals surface area contributed by atoms with Crippen molar-refractivity contribution in [3.63, 3.8) is 0 Å². The molecule has 0 fully saturated rings. The molecule has 16 heavy (non-hydrogen) atoms. The van der Waals surface area contributed by atoms with Gasteiger partial charge in [-0.3, -0.25) is 4.79 Å². The second-order valence-electron chi connectivity index (χ2n) is 4.10. The number of hydrogen-bond donors (Lipinski definition) is 0. The molecule has 1 amide bonds. The summed E-state index contributed by atoms with van der Waals surface area (Å²) in [5.74, 6) is -0.391. The van der Waals surface area contributed by atoms with Gasteiger partial charge in [-0.2, -0.15) is 0 Å². The number of carbonyl (C=O) groups is 1. The van der Waals surface area contributed by atoms with Gasteiger partial charge in [0.1, 0.15) is 0 Å². The van der Waals surface area contributed by atoms with Crippen molar-refractivity contribution in [2.75, 3.05) is 13.5 Å². The number of hydrogen-bond acceptors (Lipinski definition) is 1. The van der Waals surface area contributed by atoms with Crippen LogP contribution in [0.25, 0.3) is 10.9 Å². The lowest BCUT2D eigenvalue weighted by Gasteiger charge is -2.23. The van der Waals surface area contributed by atoms with E-state index in [1.54, 1.807) is 0 Å². The van der Waals surface area contributed by atoms with Crippen LogP contribution in [0.2, 0.25) is 0 Å². The highest BCUT2D eigenvalue weighted by Crippen LogP contribution is 2.29. The summed E-state index contributed by atoms with van der Waals surface area (Å²) >= 11 is 0. The van der Waals surface area contributed by atoms with E-state index in [2.05, 4.69) is 0 Å². The number of para-hydroxylation sites is 1. The third kappa shape index (κ3) is 1.06. The van der Waals surface area contributed by atoms with E-state index < -0.39 is 12.9 Å². The molecule has 2 heterocycles. The lowest BCUT2D eigenvalue weighted by molar-refractivity contribution is 0.0781. The minimum Gasteiger partial charge on any atom is -0.347 e. The van der Waals surface area contributed by atoms with E-state index in [4.69, 9.17) is 4.11 Å². The second kappa shape index (κ2) is 3.11. The molecule has 3 rings (SSSR count). The third-order valence-corrected chi connectivity index (χ3v) is 3.26. The summed E-state index contributed by atoms with van der Waals surface area (Å²) in [6.45, 7) is -2.13. The van der Waals surface area contributed by atoms with Gasteiger partial charge < -0.3 is 9.47 Å². The van der Waals surface area contributed by atoms with Gasteiger partial charge in [-0.05, 0) is 6.07 Å². The maximum atomic E-state index is 12.4. The highest BCUT2D eigenvalue weighted by molar-refractivity contribution is 6.09. The van der Waals surface area contributed by atoms with E-state index in [0.29, 0.717) is 12.0 Å². The molecular formula is C13H14N2O. The summed E-state index contributed by atoms with van der Waals surface area (Å²) in [4.78, 5) is 13.4. The maximum Gasteiger partial charge on any atom is 0.256 e. The molecule has 0 unspecified atom stereocenters. The molecule has 3 heteroatoms. The third-order valence-electron chi connectivity index (χ3n) is 3.26. The number of rotatable bonds is 0. The Morgan fingerprint density at radius 3 is 3.00 bits per heavy atom. The van der Waals surface area contributed by atoms with Crippen molar-refractivity contribution in [2.45, 2.75) is 6.42 Å². The minimum absolute atomic E-state index is 0.243. The van der Waals surface area contributed by atoms with Crippen LogP contribution >= 0.6 is 0 Å². The molecule has 0 bridgehead atoms. The SMILES string of the molecule is [2H]C([2H])([2H])N1CCc2c(c3ccccc3n2C)C1=O. The molecule has 82 valence electrons. The van der Waals surface area contributed by atoms with Crippen LogP contribution in [-0.4, -0.2) is 28.9 Å². The van der Waals surface area contributed by atoms with E-state index in [9.17, 15) is 4.79 Å². The van der Waals surface area contributed by atoms with Crippen LogP contribution in [0.5, 0.6) is 0 Å². The van der Waals surface area contributed by atoms with E-state index in [1.807, 2.05) is 35.9 Å². The monoisotopic (exact) mass is 217 g/mol.